The lowest BCUT2D eigenvalue weighted by Crippen LogP contribution is -2.46. The summed E-state index contributed by atoms with van der Waals surface area (Å²) in [6.07, 6.45) is 6.84. The number of carbonyl (C=O) groups is 1. The zero-order valence-electron chi connectivity index (χ0n) is 19.1. The summed E-state index contributed by atoms with van der Waals surface area (Å²) in [5, 5.41) is 6.71. The zero-order valence-corrected chi connectivity index (χ0v) is 21.4. The third-order valence-corrected chi connectivity index (χ3v) is 5.97. The Morgan fingerprint density at radius 2 is 1.84 bits per heavy atom. The van der Waals surface area contributed by atoms with Crippen molar-refractivity contribution >= 4 is 35.8 Å². The summed E-state index contributed by atoms with van der Waals surface area (Å²) in [4.78, 5) is 20.3. The van der Waals surface area contributed by atoms with Crippen LogP contribution < -0.4 is 10.6 Å². The average Bonchev–Trinajstić information content (AvgIpc) is 3.00. The van der Waals surface area contributed by atoms with E-state index in [0.29, 0.717) is 19.1 Å². The number of hydrogen-bond donors (Lipinski definition) is 2. The Labute approximate surface area is 203 Å². The number of aliphatic imine (C=N–C) groups is 1. The van der Waals surface area contributed by atoms with Gasteiger partial charge in [0.05, 0.1) is 19.8 Å². The number of nitrogens with one attached hydrogen (secondary N) is 2. The van der Waals surface area contributed by atoms with Crippen molar-refractivity contribution in [2.45, 2.75) is 50.4 Å². The van der Waals surface area contributed by atoms with E-state index in [-0.39, 0.29) is 48.3 Å². The summed E-state index contributed by atoms with van der Waals surface area (Å²) < 4.78 is 17.8. The monoisotopic (exact) mass is 553 g/mol. The van der Waals surface area contributed by atoms with Gasteiger partial charge in [0.25, 0.3) is 0 Å². The number of hydrogen-bond acceptors (Lipinski definition) is 6. The molecule has 0 aromatic carbocycles. The minimum Gasteiger partial charge on any atom is -0.379 e. The molecule has 1 unspecified atom stereocenters. The fourth-order valence-corrected chi connectivity index (χ4v) is 4.08. The predicted molar refractivity (Wildman–Crippen MR) is 131 cm³/mol. The molecule has 1 saturated carbocycles. The topological polar surface area (TPSA) is 87.7 Å². The standard InChI is InChI=1S/C21H39N5O4.HI/c1-25(2)19(27)16-24-20(22-9-10-26-11-13-28-14-12-26)23-15-18-17-29-21(30-18)7-5-3-4-6-8-21;/h18H,3-17H2,1-2H3,(H2,22,23,24);1H. The van der Waals surface area contributed by atoms with Crippen molar-refractivity contribution in [1.82, 2.24) is 20.4 Å². The van der Waals surface area contributed by atoms with Crippen LogP contribution in [0.15, 0.2) is 4.99 Å². The molecule has 31 heavy (non-hydrogen) atoms. The van der Waals surface area contributed by atoms with E-state index in [4.69, 9.17) is 14.2 Å². The molecule has 2 saturated heterocycles. The molecule has 2 heterocycles. The molecule has 0 aromatic heterocycles. The van der Waals surface area contributed by atoms with E-state index < -0.39 is 0 Å². The fourth-order valence-electron chi connectivity index (χ4n) is 4.08. The van der Waals surface area contributed by atoms with Crippen LogP contribution in [0.1, 0.15) is 38.5 Å². The number of morpholine rings is 1. The second kappa shape index (κ2) is 13.8. The summed E-state index contributed by atoms with van der Waals surface area (Å²) in [6.45, 7) is 6.49. The maximum absolute atomic E-state index is 12.0. The molecule has 1 aliphatic carbocycles. The molecule has 3 rings (SSSR count). The molecule has 2 N–H and O–H groups in total. The van der Waals surface area contributed by atoms with Gasteiger partial charge in [-0.25, -0.2) is 4.99 Å². The van der Waals surface area contributed by atoms with Gasteiger partial charge < -0.3 is 29.7 Å². The lowest BCUT2D eigenvalue weighted by Gasteiger charge is -2.27. The maximum atomic E-state index is 12.0. The molecule has 1 amide bonds. The van der Waals surface area contributed by atoms with Crippen LogP contribution in [-0.4, -0.2) is 107 Å². The lowest BCUT2D eigenvalue weighted by molar-refractivity contribution is -0.175. The van der Waals surface area contributed by atoms with E-state index in [2.05, 4.69) is 20.5 Å². The molecule has 9 nitrogen and oxygen atoms in total. The predicted octanol–water partition coefficient (Wildman–Crippen LogP) is 1.03. The highest BCUT2D eigenvalue weighted by Gasteiger charge is 2.41. The van der Waals surface area contributed by atoms with Gasteiger partial charge in [-0.2, -0.15) is 0 Å². The van der Waals surface area contributed by atoms with Crippen molar-refractivity contribution in [3.63, 3.8) is 0 Å². The van der Waals surface area contributed by atoms with Crippen molar-refractivity contribution in [1.29, 1.82) is 0 Å². The van der Waals surface area contributed by atoms with E-state index in [1.165, 1.54) is 25.7 Å². The van der Waals surface area contributed by atoms with Crippen LogP contribution in [0.2, 0.25) is 0 Å². The number of nitrogens with zero attached hydrogens (tertiary/aromatic N) is 3. The summed E-state index contributed by atoms with van der Waals surface area (Å²) >= 11 is 0. The minimum atomic E-state index is -0.384. The van der Waals surface area contributed by atoms with Gasteiger partial charge in [0.2, 0.25) is 5.91 Å². The highest BCUT2D eigenvalue weighted by atomic mass is 127. The van der Waals surface area contributed by atoms with Crippen LogP contribution in [0, 0.1) is 0 Å². The molecule has 3 fully saturated rings. The van der Waals surface area contributed by atoms with Crippen molar-refractivity contribution in [3.8, 4) is 0 Å². The smallest absolute Gasteiger partial charge is 0.243 e. The van der Waals surface area contributed by atoms with Gasteiger partial charge in [0, 0.05) is 59.7 Å². The average molecular weight is 553 g/mol. The van der Waals surface area contributed by atoms with E-state index in [1.807, 2.05) is 0 Å². The van der Waals surface area contributed by atoms with Crippen LogP contribution in [0.25, 0.3) is 0 Å². The van der Waals surface area contributed by atoms with Crippen LogP contribution in [0.4, 0.5) is 0 Å². The molecule has 10 heteroatoms. The molecular weight excluding hydrogens is 513 g/mol. The van der Waals surface area contributed by atoms with Crippen molar-refractivity contribution < 1.29 is 19.0 Å². The number of carbonyl (C=O) groups excluding carboxylic acids is 1. The van der Waals surface area contributed by atoms with Gasteiger partial charge in [0.15, 0.2) is 11.7 Å². The Morgan fingerprint density at radius 3 is 2.52 bits per heavy atom. The second-order valence-electron chi connectivity index (χ2n) is 8.59. The maximum Gasteiger partial charge on any atom is 0.243 e. The molecule has 0 radical (unpaired) electrons. The Balaban J connectivity index is 0.00000341. The normalized spacial score (nSPS) is 24.3. The first-order valence-corrected chi connectivity index (χ1v) is 11.4. The van der Waals surface area contributed by atoms with E-state index in [0.717, 1.165) is 52.2 Å². The Hall–Kier alpha value is -0.690. The molecule has 2 aliphatic heterocycles. The molecular formula is C21H40IN5O4. The second-order valence-corrected chi connectivity index (χ2v) is 8.59. The summed E-state index contributed by atoms with van der Waals surface area (Å²) in [5.41, 5.74) is 0. The van der Waals surface area contributed by atoms with Gasteiger partial charge in [-0.3, -0.25) is 9.69 Å². The van der Waals surface area contributed by atoms with E-state index >= 15 is 0 Å². The summed E-state index contributed by atoms with van der Waals surface area (Å²) in [7, 11) is 3.49. The van der Waals surface area contributed by atoms with Crippen LogP contribution in [0.3, 0.4) is 0 Å². The SMILES string of the molecule is CN(C)C(=O)CN=C(NCCN1CCOCC1)NCC1COC2(CCCCCC2)O1.I. The largest absolute Gasteiger partial charge is 0.379 e. The molecule has 1 spiro atoms. The third-order valence-electron chi connectivity index (χ3n) is 5.97. The number of halogens is 1. The Kier molecular flexibility index (Phi) is 11.8. The van der Waals surface area contributed by atoms with Crippen LogP contribution in [0.5, 0.6) is 0 Å². The number of guanidine groups is 1. The molecule has 3 aliphatic rings. The molecule has 0 bridgehead atoms. The lowest BCUT2D eigenvalue weighted by atomic mass is 10.1. The Bertz CT molecular complexity index is 564. The number of ether oxygens (including phenoxy) is 3. The fraction of sp³-hybridized carbons (Fsp3) is 0.905. The van der Waals surface area contributed by atoms with Gasteiger partial charge >= 0.3 is 0 Å². The van der Waals surface area contributed by atoms with Gasteiger partial charge in [0.1, 0.15) is 12.6 Å². The first kappa shape index (κ1) is 26.6. The van der Waals surface area contributed by atoms with Gasteiger partial charge in [-0.15, -0.1) is 24.0 Å². The highest BCUT2D eigenvalue weighted by Crippen LogP contribution is 2.36. The first-order valence-electron chi connectivity index (χ1n) is 11.4. The first-order chi connectivity index (χ1) is 14.6. The van der Waals surface area contributed by atoms with Crippen molar-refractivity contribution in [3.05, 3.63) is 0 Å². The van der Waals surface area contributed by atoms with Gasteiger partial charge in [-0.05, 0) is 12.8 Å². The van der Waals surface area contributed by atoms with Crippen molar-refractivity contribution in [2.24, 2.45) is 4.99 Å². The molecule has 0 aromatic rings. The number of rotatable bonds is 7. The highest BCUT2D eigenvalue weighted by molar-refractivity contribution is 14.0. The number of likely N-dealkylation sites (N-methyl/N-ethyl adjacent to an activating group) is 1. The van der Waals surface area contributed by atoms with Crippen molar-refractivity contribution in [2.75, 3.05) is 73.2 Å². The quantitative estimate of drug-likeness (QED) is 0.277. The zero-order chi connectivity index (χ0) is 21.2. The number of amides is 1. The van der Waals surface area contributed by atoms with E-state index in [9.17, 15) is 4.79 Å². The van der Waals surface area contributed by atoms with Crippen LogP contribution >= 0.6 is 24.0 Å². The summed E-state index contributed by atoms with van der Waals surface area (Å²) in [5.74, 6) is 0.233. The Morgan fingerprint density at radius 1 is 1.13 bits per heavy atom. The summed E-state index contributed by atoms with van der Waals surface area (Å²) in [6, 6.07) is 0. The molecule has 1 atom stereocenters. The van der Waals surface area contributed by atoms with Crippen LogP contribution in [-0.2, 0) is 19.0 Å². The van der Waals surface area contributed by atoms with E-state index in [1.54, 1.807) is 19.0 Å². The minimum absolute atomic E-state index is 0. The third kappa shape index (κ3) is 8.99. The van der Waals surface area contributed by atoms with Gasteiger partial charge in [-0.1, -0.05) is 12.8 Å². The molecule has 180 valence electrons.